The van der Waals surface area contributed by atoms with E-state index in [-0.39, 0.29) is 17.2 Å². The number of thiazole rings is 1. The number of aromatic nitrogens is 4. The van der Waals surface area contributed by atoms with Crippen LogP contribution in [0.25, 0.3) is 21.6 Å². The molecule has 1 aliphatic heterocycles. The summed E-state index contributed by atoms with van der Waals surface area (Å²) in [6, 6.07) is 9.99. The smallest absolute Gasteiger partial charge is 0.224 e. The second-order valence-corrected chi connectivity index (χ2v) is 12.5. The number of hydrogen-bond acceptors (Lipinski definition) is 7. The van der Waals surface area contributed by atoms with Crippen LogP contribution in [0.1, 0.15) is 43.0 Å². The van der Waals surface area contributed by atoms with Gasteiger partial charge in [0.15, 0.2) is 0 Å². The first-order valence-corrected chi connectivity index (χ1v) is 15.1. The Morgan fingerprint density at radius 2 is 1.92 bits per heavy atom. The summed E-state index contributed by atoms with van der Waals surface area (Å²) in [5.74, 6) is 0.756. The van der Waals surface area contributed by atoms with Crippen LogP contribution in [-0.4, -0.2) is 66.5 Å². The monoisotopic (exact) mass is 561 g/mol. The molecule has 1 aromatic carbocycles. The first kappa shape index (κ1) is 25.4. The average Bonchev–Trinajstić information content (AvgIpc) is 3.38. The van der Waals surface area contributed by atoms with Crippen LogP contribution in [0.3, 0.4) is 0 Å². The van der Waals surface area contributed by atoms with Crippen LogP contribution in [0.2, 0.25) is 5.28 Å². The third-order valence-corrected chi connectivity index (χ3v) is 9.62. The molecule has 7 rings (SSSR count). The lowest BCUT2D eigenvalue weighted by atomic mass is 9.91. The van der Waals surface area contributed by atoms with Gasteiger partial charge in [-0.3, -0.25) is 4.90 Å². The molecular weight excluding hydrogens is 530 g/mol. The number of nitrogens with zero attached hydrogens (tertiary/aromatic N) is 5. The number of benzene rings is 1. The van der Waals surface area contributed by atoms with Crippen LogP contribution < -0.4 is 0 Å². The fourth-order valence-electron chi connectivity index (χ4n) is 6.33. The van der Waals surface area contributed by atoms with Crippen molar-refractivity contribution in [1.29, 1.82) is 0 Å². The summed E-state index contributed by atoms with van der Waals surface area (Å²) in [5.41, 5.74) is 5.06. The molecule has 202 valence electrons. The van der Waals surface area contributed by atoms with Gasteiger partial charge in [0, 0.05) is 60.7 Å². The maximum atomic E-state index is 11.3. The van der Waals surface area contributed by atoms with E-state index in [1.165, 1.54) is 24.0 Å². The summed E-state index contributed by atoms with van der Waals surface area (Å²) >= 11 is 7.84. The van der Waals surface area contributed by atoms with Crippen molar-refractivity contribution in [1.82, 2.24) is 24.4 Å². The number of hydrogen-bond donors (Lipinski definition) is 2. The van der Waals surface area contributed by atoms with E-state index in [1.807, 2.05) is 29.0 Å². The van der Waals surface area contributed by atoms with Crippen LogP contribution >= 0.6 is 22.9 Å². The van der Waals surface area contributed by atoms with Crippen molar-refractivity contribution in [2.24, 2.45) is 11.8 Å². The molecular formula is C30H32ClN5O2S. The SMILES string of the molecule is O[C@@H]1[C@H](O)[C@@H](C2=CCCN(CC3CC3)C2)C[C@H]1n1cc(-c2nc(Cc3ccccc3)cs2)c2cnc(Cl)nc21. The molecule has 0 spiro atoms. The highest BCUT2D eigenvalue weighted by molar-refractivity contribution is 7.13. The van der Waals surface area contributed by atoms with Gasteiger partial charge in [-0.2, -0.15) is 4.98 Å². The Morgan fingerprint density at radius 3 is 2.74 bits per heavy atom. The van der Waals surface area contributed by atoms with E-state index in [9.17, 15) is 10.2 Å². The Bertz CT molecular complexity index is 1510. The van der Waals surface area contributed by atoms with Gasteiger partial charge >= 0.3 is 0 Å². The molecule has 2 saturated carbocycles. The normalized spacial score (nSPS) is 25.9. The predicted molar refractivity (Wildman–Crippen MR) is 154 cm³/mol. The van der Waals surface area contributed by atoms with Gasteiger partial charge in [-0.05, 0) is 48.8 Å². The predicted octanol–water partition coefficient (Wildman–Crippen LogP) is 5.12. The van der Waals surface area contributed by atoms with Crippen molar-refractivity contribution in [2.75, 3.05) is 19.6 Å². The Kier molecular flexibility index (Phi) is 6.77. The molecule has 0 amide bonds. The molecule has 2 fully saturated rings. The zero-order valence-electron chi connectivity index (χ0n) is 21.7. The van der Waals surface area contributed by atoms with Crippen LogP contribution in [0.15, 0.2) is 59.8 Å². The highest BCUT2D eigenvalue weighted by Crippen LogP contribution is 2.44. The molecule has 0 bridgehead atoms. The maximum Gasteiger partial charge on any atom is 0.224 e. The van der Waals surface area contributed by atoms with Gasteiger partial charge in [0.25, 0.3) is 0 Å². The molecule has 4 atom stereocenters. The van der Waals surface area contributed by atoms with E-state index in [2.05, 4.69) is 38.5 Å². The van der Waals surface area contributed by atoms with Gasteiger partial charge in [-0.1, -0.05) is 42.0 Å². The Labute approximate surface area is 236 Å². The number of halogens is 1. The van der Waals surface area contributed by atoms with E-state index in [4.69, 9.17) is 16.6 Å². The molecule has 0 radical (unpaired) electrons. The Balaban J connectivity index is 1.19. The van der Waals surface area contributed by atoms with Gasteiger partial charge in [0.05, 0.1) is 17.8 Å². The summed E-state index contributed by atoms with van der Waals surface area (Å²) in [5, 5.41) is 26.5. The van der Waals surface area contributed by atoms with Crippen LogP contribution in [-0.2, 0) is 6.42 Å². The summed E-state index contributed by atoms with van der Waals surface area (Å²) < 4.78 is 2.00. The molecule has 0 unspecified atom stereocenters. The maximum absolute atomic E-state index is 11.3. The van der Waals surface area contributed by atoms with Crippen molar-refractivity contribution in [3.8, 4) is 10.6 Å². The molecule has 4 heterocycles. The minimum absolute atomic E-state index is 0.0810. The largest absolute Gasteiger partial charge is 0.390 e. The van der Waals surface area contributed by atoms with Crippen LogP contribution in [0.4, 0.5) is 0 Å². The molecule has 2 N–H and O–H groups in total. The van der Waals surface area contributed by atoms with E-state index in [0.29, 0.717) is 12.1 Å². The highest BCUT2D eigenvalue weighted by Gasteiger charge is 2.45. The number of rotatable bonds is 7. The van der Waals surface area contributed by atoms with Gasteiger partial charge in [0.1, 0.15) is 16.8 Å². The third kappa shape index (κ3) is 5.05. The molecule has 2 aliphatic carbocycles. The highest BCUT2D eigenvalue weighted by atomic mass is 35.5. The summed E-state index contributed by atoms with van der Waals surface area (Å²) in [6.07, 6.45) is 9.39. The molecule has 3 aromatic heterocycles. The Morgan fingerprint density at radius 1 is 1.08 bits per heavy atom. The van der Waals surface area contributed by atoms with E-state index < -0.39 is 12.2 Å². The minimum Gasteiger partial charge on any atom is -0.390 e. The van der Waals surface area contributed by atoms with Crippen molar-refractivity contribution >= 4 is 34.0 Å². The standard InChI is InChI=1S/C30H32ClN5O2S/c31-30-32-13-23-24(29-33-21(17-39-29)11-18-5-2-1-3-6-18)16-36(28(23)34-30)25-12-22(26(37)27(25)38)20-7-4-10-35(15-20)14-19-8-9-19/h1-3,5-7,13,16-17,19,22,25-27,37-38H,4,8-12,14-15H2/t22-,25-,26-,27+/m1/s1. The topological polar surface area (TPSA) is 87.3 Å². The van der Waals surface area contributed by atoms with Crippen molar-refractivity contribution in [2.45, 2.75) is 50.4 Å². The average molecular weight is 562 g/mol. The van der Waals surface area contributed by atoms with Crippen LogP contribution in [0, 0.1) is 11.8 Å². The summed E-state index contributed by atoms with van der Waals surface area (Å²) in [7, 11) is 0. The Hall–Kier alpha value is -2.62. The van der Waals surface area contributed by atoms with Crippen molar-refractivity contribution < 1.29 is 10.2 Å². The third-order valence-electron chi connectivity index (χ3n) is 8.51. The summed E-state index contributed by atoms with van der Waals surface area (Å²) in [4.78, 5) is 16.3. The van der Waals surface area contributed by atoms with Gasteiger partial charge in [0.2, 0.25) is 5.28 Å². The molecule has 4 aromatic rings. The molecule has 3 aliphatic rings. The summed E-state index contributed by atoms with van der Waals surface area (Å²) in [6.45, 7) is 3.11. The van der Waals surface area contributed by atoms with E-state index >= 15 is 0 Å². The van der Waals surface area contributed by atoms with E-state index in [1.54, 1.807) is 17.5 Å². The van der Waals surface area contributed by atoms with Gasteiger partial charge in [-0.25, -0.2) is 9.97 Å². The number of aliphatic hydroxyl groups excluding tert-OH is 2. The lowest BCUT2D eigenvalue weighted by Gasteiger charge is -2.31. The quantitative estimate of drug-likeness (QED) is 0.240. The lowest BCUT2D eigenvalue weighted by molar-refractivity contribution is 0.0110. The molecule has 39 heavy (non-hydrogen) atoms. The molecule has 9 heteroatoms. The molecule has 7 nitrogen and oxygen atoms in total. The number of fused-ring (bicyclic) bond motifs is 1. The second kappa shape index (κ2) is 10.4. The van der Waals surface area contributed by atoms with Crippen molar-refractivity contribution in [3.63, 3.8) is 0 Å². The van der Waals surface area contributed by atoms with Gasteiger partial charge in [-0.15, -0.1) is 11.3 Å². The van der Waals surface area contributed by atoms with Crippen molar-refractivity contribution in [3.05, 3.63) is 76.3 Å². The molecule has 0 saturated heterocycles. The van der Waals surface area contributed by atoms with E-state index in [0.717, 1.165) is 60.0 Å². The fraction of sp³-hybridized carbons (Fsp3) is 0.433. The first-order chi connectivity index (χ1) is 19.0. The minimum atomic E-state index is -0.906. The zero-order chi connectivity index (χ0) is 26.5. The van der Waals surface area contributed by atoms with Gasteiger partial charge < -0.3 is 14.8 Å². The second-order valence-electron chi connectivity index (χ2n) is 11.3. The number of aliphatic hydroxyl groups is 2. The zero-order valence-corrected chi connectivity index (χ0v) is 23.2. The van der Waals surface area contributed by atoms with Crippen LogP contribution in [0.5, 0.6) is 0 Å². The lowest BCUT2D eigenvalue weighted by Crippen LogP contribution is -2.36. The fourth-order valence-corrected chi connectivity index (χ4v) is 7.30. The first-order valence-electron chi connectivity index (χ1n) is 13.8.